The van der Waals surface area contributed by atoms with Crippen molar-refractivity contribution in [2.75, 3.05) is 13.7 Å². The van der Waals surface area contributed by atoms with E-state index in [-0.39, 0.29) is 12.7 Å². The van der Waals surface area contributed by atoms with E-state index in [2.05, 4.69) is 0 Å². The fraction of sp³-hybridized carbons (Fsp3) is 0.400. The Hall–Kier alpha value is -1.10. The third-order valence-electron chi connectivity index (χ3n) is 2.04. The molecule has 0 spiro atoms. The van der Waals surface area contributed by atoms with Crippen LogP contribution in [0.3, 0.4) is 0 Å². The van der Waals surface area contributed by atoms with Gasteiger partial charge in [0.15, 0.2) is 0 Å². The van der Waals surface area contributed by atoms with Crippen LogP contribution < -0.4 is 10.6 Å². The molecule has 0 saturated heterocycles. The fourth-order valence-corrected chi connectivity index (χ4v) is 1.35. The van der Waals surface area contributed by atoms with Crippen molar-refractivity contribution in [2.24, 2.45) is 5.90 Å². The average molecular weight is 197 g/mol. The van der Waals surface area contributed by atoms with Gasteiger partial charge in [0.2, 0.25) is 0 Å². The SMILES string of the molecule is COc1ccccc1C(CCO)ON. The largest absolute Gasteiger partial charge is 0.496 e. The molecule has 4 nitrogen and oxygen atoms in total. The van der Waals surface area contributed by atoms with Gasteiger partial charge in [0.05, 0.1) is 7.11 Å². The number of benzene rings is 1. The van der Waals surface area contributed by atoms with Crippen molar-refractivity contribution in [3.63, 3.8) is 0 Å². The van der Waals surface area contributed by atoms with Gasteiger partial charge in [-0.15, -0.1) is 0 Å². The van der Waals surface area contributed by atoms with Gasteiger partial charge in [-0.25, -0.2) is 5.90 Å². The van der Waals surface area contributed by atoms with Gasteiger partial charge in [-0.1, -0.05) is 18.2 Å². The molecule has 78 valence electrons. The smallest absolute Gasteiger partial charge is 0.124 e. The Morgan fingerprint density at radius 1 is 1.43 bits per heavy atom. The van der Waals surface area contributed by atoms with Crippen LogP contribution >= 0.6 is 0 Å². The van der Waals surface area contributed by atoms with Crippen LogP contribution in [0.5, 0.6) is 5.75 Å². The molecule has 0 bridgehead atoms. The van der Waals surface area contributed by atoms with E-state index in [1.807, 2.05) is 24.3 Å². The van der Waals surface area contributed by atoms with Crippen LogP contribution in [0.1, 0.15) is 18.1 Å². The van der Waals surface area contributed by atoms with Crippen LogP contribution in [0.4, 0.5) is 0 Å². The van der Waals surface area contributed by atoms with E-state index in [1.165, 1.54) is 0 Å². The monoisotopic (exact) mass is 197 g/mol. The molecule has 1 unspecified atom stereocenters. The van der Waals surface area contributed by atoms with Crippen LogP contribution in [0.25, 0.3) is 0 Å². The molecule has 0 aliphatic heterocycles. The second kappa shape index (κ2) is 5.59. The highest BCUT2D eigenvalue weighted by molar-refractivity contribution is 5.35. The molecule has 3 N–H and O–H groups in total. The first-order chi connectivity index (χ1) is 6.83. The van der Waals surface area contributed by atoms with Gasteiger partial charge < -0.3 is 9.84 Å². The fourth-order valence-electron chi connectivity index (χ4n) is 1.35. The van der Waals surface area contributed by atoms with E-state index in [4.69, 9.17) is 20.6 Å². The summed E-state index contributed by atoms with van der Waals surface area (Å²) >= 11 is 0. The number of aliphatic hydroxyl groups is 1. The zero-order chi connectivity index (χ0) is 10.4. The Morgan fingerprint density at radius 3 is 2.71 bits per heavy atom. The van der Waals surface area contributed by atoms with Crippen LogP contribution in [0.2, 0.25) is 0 Å². The van der Waals surface area contributed by atoms with Gasteiger partial charge in [-0.3, -0.25) is 4.84 Å². The minimum atomic E-state index is -0.323. The molecule has 14 heavy (non-hydrogen) atoms. The van der Waals surface area contributed by atoms with E-state index in [0.717, 1.165) is 11.3 Å². The number of hydrogen-bond acceptors (Lipinski definition) is 4. The first kappa shape index (κ1) is 11.0. The van der Waals surface area contributed by atoms with Crippen molar-refractivity contribution < 1.29 is 14.7 Å². The minimum Gasteiger partial charge on any atom is -0.496 e. The lowest BCUT2D eigenvalue weighted by molar-refractivity contribution is 0.0327. The Morgan fingerprint density at radius 2 is 2.14 bits per heavy atom. The second-order valence-corrected chi connectivity index (χ2v) is 2.88. The summed E-state index contributed by atoms with van der Waals surface area (Å²) in [4.78, 5) is 4.78. The summed E-state index contributed by atoms with van der Waals surface area (Å²) in [6, 6.07) is 7.45. The zero-order valence-corrected chi connectivity index (χ0v) is 8.14. The zero-order valence-electron chi connectivity index (χ0n) is 8.14. The molecule has 0 saturated carbocycles. The van der Waals surface area contributed by atoms with E-state index in [0.29, 0.717) is 6.42 Å². The van der Waals surface area contributed by atoms with Gasteiger partial charge in [-0.05, 0) is 6.07 Å². The second-order valence-electron chi connectivity index (χ2n) is 2.88. The summed E-state index contributed by atoms with van der Waals surface area (Å²) in [5.41, 5.74) is 0.853. The van der Waals surface area contributed by atoms with Gasteiger partial charge in [-0.2, -0.15) is 0 Å². The molecule has 1 rings (SSSR count). The van der Waals surface area contributed by atoms with E-state index in [1.54, 1.807) is 7.11 Å². The highest BCUT2D eigenvalue weighted by Crippen LogP contribution is 2.28. The molecule has 4 heteroatoms. The summed E-state index contributed by atoms with van der Waals surface area (Å²) < 4.78 is 5.16. The molecular formula is C10H15NO3. The highest BCUT2D eigenvalue weighted by Gasteiger charge is 2.14. The number of methoxy groups -OCH3 is 1. The first-order valence-electron chi connectivity index (χ1n) is 4.42. The summed E-state index contributed by atoms with van der Waals surface area (Å²) in [5, 5.41) is 8.82. The molecule has 0 radical (unpaired) electrons. The number of hydrogen-bond donors (Lipinski definition) is 2. The van der Waals surface area contributed by atoms with Crippen molar-refractivity contribution in [1.29, 1.82) is 0 Å². The molecule has 0 fully saturated rings. The van der Waals surface area contributed by atoms with Crippen molar-refractivity contribution in [3.05, 3.63) is 29.8 Å². The Labute approximate surface area is 83.2 Å². The molecule has 1 atom stereocenters. The Balaban J connectivity index is 2.90. The van der Waals surface area contributed by atoms with Gasteiger partial charge >= 0.3 is 0 Å². The Bertz CT molecular complexity index is 278. The van der Waals surface area contributed by atoms with E-state index in [9.17, 15) is 0 Å². The summed E-state index contributed by atoms with van der Waals surface area (Å²) in [6.07, 6.45) is 0.132. The molecule has 0 amide bonds. The van der Waals surface area contributed by atoms with Crippen molar-refractivity contribution in [3.8, 4) is 5.75 Å². The van der Waals surface area contributed by atoms with Crippen molar-refractivity contribution >= 4 is 0 Å². The number of para-hydroxylation sites is 1. The maximum atomic E-state index is 8.82. The van der Waals surface area contributed by atoms with Crippen LogP contribution in [-0.4, -0.2) is 18.8 Å². The summed E-state index contributed by atoms with van der Waals surface area (Å²) in [5.74, 6) is 5.87. The van der Waals surface area contributed by atoms with Crippen molar-refractivity contribution in [1.82, 2.24) is 0 Å². The third-order valence-corrected chi connectivity index (χ3v) is 2.04. The molecule has 0 heterocycles. The van der Waals surface area contributed by atoms with Crippen molar-refractivity contribution in [2.45, 2.75) is 12.5 Å². The molecule has 0 aromatic heterocycles. The standard InChI is InChI=1S/C10H15NO3/c1-13-9-5-3-2-4-8(9)10(14-11)6-7-12/h2-5,10,12H,6-7,11H2,1H3. The predicted molar refractivity (Wildman–Crippen MR) is 52.7 cm³/mol. The lowest BCUT2D eigenvalue weighted by atomic mass is 10.1. The Kier molecular flexibility index (Phi) is 4.39. The topological polar surface area (TPSA) is 64.7 Å². The van der Waals surface area contributed by atoms with Gasteiger partial charge in [0.1, 0.15) is 11.9 Å². The van der Waals surface area contributed by atoms with E-state index < -0.39 is 0 Å². The van der Waals surface area contributed by atoms with Gasteiger partial charge in [0, 0.05) is 18.6 Å². The lowest BCUT2D eigenvalue weighted by Gasteiger charge is -2.16. The maximum Gasteiger partial charge on any atom is 0.124 e. The number of rotatable bonds is 5. The molecule has 0 aliphatic carbocycles. The number of nitrogens with two attached hydrogens (primary N) is 1. The molecule has 1 aromatic rings. The molecule has 1 aromatic carbocycles. The van der Waals surface area contributed by atoms with Crippen LogP contribution in [0.15, 0.2) is 24.3 Å². The number of aliphatic hydroxyl groups excluding tert-OH is 1. The maximum absolute atomic E-state index is 8.82. The average Bonchev–Trinajstić information content (AvgIpc) is 2.26. The molecular weight excluding hydrogens is 182 g/mol. The van der Waals surface area contributed by atoms with Crippen LogP contribution in [-0.2, 0) is 4.84 Å². The normalized spacial score (nSPS) is 12.5. The van der Waals surface area contributed by atoms with Crippen LogP contribution in [0, 0.1) is 0 Å². The summed E-state index contributed by atoms with van der Waals surface area (Å²) in [7, 11) is 1.59. The quantitative estimate of drug-likeness (QED) is 0.691. The van der Waals surface area contributed by atoms with Gasteiger partial charge in [0.25, 0.3) is 0 Å². The number of ether oxygens (including phenoxy) is 1. The molecule has 0 aliphatic rings. The highest BCUT2D eigenvalue weighted by atomic mass is 16.6. The predicted octanol–water partition coefficient (Wildman–Crippen LogP) is 1.01. The lowest BCUT2D eigenvalue weighted by Crippen LogP contribution is -2.12. The third kappa shape index (κ3) is 2.45. The minimum absolute atomic E-state index is 0.0277. The summed E-state index contributed by atoms with van der Waals surface area (Å²) in [6.45, 7) is 0.0277. The first-order valence-corrected chi connectivity index (χ1v) is 4.42. The van der Waals surface area contributed by atoms with E-state index >= 15 is 0 Å².